The highest BCUT2D eigenvalue weighted by Gasteiger charge is 2.18. The van der Waals surface area contributed by atoms with Crippen LogP contribution >= 0.6 is 23.2 Å². The molecule has 0 fully saturated rings. The lowest BCUT2D eigenvalue weighted by Crippen LogP contribution is -2.07. The lowest BCUT2D eigenvalue weighted by Gasteiger charge is -2.20. The molecule has 1 aromatic carbocycles. The summed E-state index contributed by atoms with van der Waals surface area (Å²) in [6.45, 7) is 1.95. The van der Waals surface area contributed by atoms with Crippen molar-refractivity contribution >= 4 is 23.2 Å². The fourth-order valence-corrected chi connectivity index (χ4v) is 2.43. The Morgan fingerprint density at radius 3 is 2.11 bits per heavy atom. The molecule has 2 atom stereocenters. The molecule has 0 aliphatic carbocycles. The predicted molar refractivity (Wildman–Crippen MR) is 74.1 cm³/mol. The van der Waals surface area contributed by atoms with Crippen molar-refractivity contribution in [3.63, 3.8) is 0 Å². The van der Waals surface area contributed by atoms with Crippen molar-refractivity contribution in [2.24, 2.45) is 0 Å². The Morgan fingerprint density at radius 2 is 1.56 bits per heavy atom. The second kappa shape index (κ2) is 5.70. The molecule has 0 saturated heterocycles. The van der Waals surface area contributed by atoms with E-state index in [9.17, 15) is 5.11 Å². The molecule has 0 amide bonds. The standard InChI is InChI=1S/C14H13Cl2NO/c1-9(10-2-4-17-5-3-10)14(18)11-6-12(15)8-13(16)7-11/h2-9,14,18H,1H3. The molecule has 2 unspecified atom stereocenters. The van der Waals surface area contributed by atoms with Crippen molar-refractivity contribution in [3.8, 4) is 0 Å². The Kier molecular flexibility index (Phi) is 4.23. The minimum Gasteiger partial charge on any atom is -0.388 e. The normalized spacial score (nSPS) is 14.2. The second-order valence-corrected chi connectivity index (χ2v) is 5.09. The van der Waals surface area contributed by atoms with E-state index in [0.29, 0.717) is 10.0 Å². The van der Waals surface area contributed by atoms with Gasteiger partial charge in [0.2, 0.25) is 0 Å². The molecule has 2 nitrogen and oxygen atoms in total. The van der Waals surface area contributed by atoms with Crippen molar-refractivity contribution in [2.45, 2.75) is 18.9 Å². The molecule has 1 aromatic heterocycles. The SMILES string of the molecule is CC(c1ccncc1)C(O)c1cc(Cl)cc(Cl)c1. The van der Waals surface area contributed by atoms with Crippen LogP contribution in [0.3, 0.4) is 0 Å². The number of hydrogen-bond donors (Lipinski definition) is 1. The van der Waals surface area contributed by atoms with Gasteiger partial charge in [-0.25, -0.2) is 0 Å². The van der Waals surface area contributed by atoms with E-state index in [-0.39, 0.29) is 5.92 Å². The van der Waals surface area contributed by atoms with E-state index in [1.54, 1.807) is 30.6 Å². The van der Waals surface area contributed by atoms with Crippen LogP contribution in [-0.2, 0) is 0 Å². The number of benzene rings is 1. The molecule has 2 rings (SSSR count). The van der Waals surface area contributed by atoms with E-state index < -0.39 is 6.10 Å². The van der Waals surface area contributed by atoms with Gasteiger partial charge in [0.1, 0.15) is 0 Å². The third-order valence-corrected chi connectivity index (χ3v) is 3.37. The molecule has 0 aliphatic rings. The maximum absolute atomic E-state index is 10.4. The molecule has 18 heavy (non-hydrogen) atoms. The summed E-state index contributed by atoms with van der Waals surface area (Å²) >= 11 is 11.9. The number of rotatable bonds is 3. The first-order chi connectivity index (χ1) is 8.58. The Morgan fingerprint density at radius 1 is 1.00 bits per heavy atom. The van der Waals surface area contributed by atoms with Crippen molar-refractivity contribution in [1.82, 2.24) is 4.98 Å². The Hall–Kier alpha value is -1.09. The smallest absolute Gasteiger partial charge is 0.0856 e. The molecule has 0 bridgehead atoms. The van der Waals surface area contributed by atoms with Gasteiger partial charge in [-0.15, -0.1) is 0 Å². The first kappa shape index (κ1) is 13.3. The zero-order chi connectivity index (χ0) is 13.1. The molecule has 0 spiro atoms. The number of aliphatic hydroxyl groups excluding tert-OH is 1. The number of hydrogen-bond acceptors (Lipinski definition) is 2. The second-order valence-electron chi connectivity index (χ2n) is 4.22. The van der Waals surface area contributed by atoms with E-state index in [1.165, 1.54) is 0 Å². The van der Waals surface area contributed by atoms with Gasteiger partial charge in [0.15, 0.2) is 0 Å². The number of aromatic nitrogens is 1. The van der Waals surface area contributed by atoms with E-state index in [0.717, 1.165) is 11.1 Å². The molecule has 0 aliphatic heterocycles. The van der Waals surface area contributed by atoms with Crippen LogP contribution in [0.25, 0.3) is 0 Å². The predicted octanol–water partition coefficient (Wildman–Crippen LogP) is 4.23. The zero-order valence-electron chi connectivity index (χ0n) is 9.85. The van der Waals surface area contributed by atoms with Gasteiger partial charge in [-0.2, -0.15) is 0 Å². The quantitative estimate of drug-likeness (QED) is 0.914. The summed E-state index contributed by atoms with van der Waals surface area (Å²) in [4.78, 5) is 3.96. The summed E-state index contributed by atoms with van der Waals surface area (Å²) in [6, 6.07) is 8.89. The molecular formula is C14H13Cl2NO. The average molecular weight is 282 g/mol. The van der Waals surface area contributed by atoms with Crippen molar-refractivity contribution in [2.75, 3.05) is 0 Å². The van der Waals surface area contributed by atoms with Crippen molar-refractivity contribution < 1.29 is 5.11 Å². The molecule has 1 N–H and O–H groups in total. The maximum Gasteiger partial charge on any atom is 0.0856 e. The average Bonchev–Trinajstić information content (AvgIpc) is 2.37. The summed E-state index contributed by atoms with van der Waals surface area (Å²) in [6.07, 6.45) is 2.77. The van der Waals surface area contributed by atoms with Crippen LogP contribution in [0.2, 0.25) is 10.0 Å². The van der Waals surface area contributed by atoms with Crippen LogP contribution in [0.5, 0.6) is 0 Å². The van der Waals surface area contributed by atoms with Gasteiger partial charge in [-0.1, -0.05) is 30.1 Å². The van der Waals surface area contributed by atoms with E-state index in [1.807, 2.05) is 19.1 Å². The van der Waals surface area contributed by atoms with Crippen LogP contribution < -0.4 is 0 Å². The molecule has 0 saturated carbocycles. The number of nitrogens with zero attached hydrogens (tertiary/aromatic N) is 1. The highest BCUT2D eigenvalue weighted by Crippen LogP contribution is 2.32. The van der Waals surface area contributed by atoms with Gasteiger partial charge in [0.25, 0.3) is 0 Å². The molecule has 2 aromatic rings. The molecule has 4 heteroatoms. The fourth-order valence-electron chi connectivity index (χ4n) is 1.88. The largest absolute Gasteiger partial charge is 0.388 e. The van der Waals surface area contributed by atoms with Gasteiger partial charge < -0.3 is 5.11 Å². The van der Waals surface area contributed by atoms with Crippen LogP contribution in [0.4, 0.5) is 0 Å². The van der Waals surface area contributed by atoms with Gasteiger partial charge in [-0.05, 0) is 41.5 Å². The monoisotopic (exact) mass is 281 g/mol. The van der Waals surface area contributed by atoms with Crippen molar-refractivity contribution in [1.29, 1.82) is 0 Å². The Bertz CT molecular complexity index is 510. The maximum atomic E-state index is 10.4. The number of halogens is 2. The third kappa shape index (κ3) is 3.02. The topological polar surface area (TPSA) is 33.1 Å². The summed E-state index contributed by atoms with van der Waals surface area (Å²) in [5, 5.41) is 11.4. The first-order valence-electron chi connectivity index (χ1n) is 5.62. The lowest BCUT2D eigenvalue weighted by atomic mass is 9.91. The third-order valence-electron chi connectivity index (χ3n) is 2.93. The molecule has 0 radical (unpaired) electrons. The van der Waals surface area contributed by atoms with Gasteiger partial charge in [0.05, 0.1) is 6.10 Å². The molecule has 1 heterocycles. The van der Waals surface area contributed by atoms with Crippen LogP contribution in [0.15, 0.2) is 42.7 Å². The van der Waals surface area contributed by atoms with E-state index in [2.05, 4.69) is 4.98 Å². The minimum absolute atomic E-state index is 0.0532. The lowest BCUT2D eigenvalue weighted by molar-refractivity contribution is 0.151. The highest BCUT2D eigenvalue weighted by atomic mass is 35.5. The van der Waals surface area contributed by atoms with Crippen LogP contribution in [0.1, 0.15) is 30.1 Å². The van der Waals surface area contributed by atoms with Crippen molar-refractivity contribution in [3.05, 3.63) is 63.9 Å². The van der Waals surface area contributed by atoms with E-state index in [4.69, 9.17) is 23.2 Å². The zero-order valence-corrected chi connectivity index (χ0v) is 11.4. The van der Waals surface area contributed by atoms with Gasteiger partial charge in [-0.3, -0.25) is 4.98 Å². The first-order valence-corrected chi connectivity index (χ1v) is 6.37. The minimum atomic E-state index is -0.649. The van der Waals surface area contributed by atoms with E-state index >= 15 is 0 Å². The summed E-state index contributed by atoms with van der Waals surface area (Å²) < 4.78 is 0. The number of pyridine rings is 1. The Balaban J connectivity index is 2.28. The Labute approximate surface area is 116 Å². The highest BCUT2D eigenvalue weighted by molar-refractivity contribution is 6.34. The van der Waals surface area contributed by atoms with Crippen LogP contribution in [-0.4, -0.2) is 10.1 Å². The van der Waals surface area contributed by atoms with Crippen LogP contribution in [0, 0.1) is 0 Å². The summed E-state index contributed by atoms with van der Waals surface area (Å²) in [7, 11) is 0. The number of aliphatic hydroxyl groups is 1. The van der Waals surface area contributed by atoms with Gasteiger partial charge in [0, 0.05) is 28.4 Å². The summed E-state index contributed by atoms with van der Waals surface area (Å²) in [5.41, 5.74) is 1.74. The fraction of sp³-hybridized carbons (Fsp3) is 0.214. The summed E-state index contributed by atoms with van der Waals surface area (Å²) in [5.74, 6) is -0.0532. The molecule has 94 valence electrons. The molecular weight excluding hydrogens is 269 g/mol. The van der Waals surface area contributed by atoms with Gasteiger partial charge >= 0.3 is 0 Å².